The minimum Gasteiger partial charge on any atom is -0.330 e. The van der Waals surface area contributed by atoms with E-state index < -0.39 is 11.2 Å². The Balaban J connectivity index is 2.43. The average Bonchev–Trinajstić information content (AvgIpc) is 2.78. The van der Waals surface area contributed by atoms with Crippen LogP contribution >= 0.6 is 0 Å². The first-order valence-corrected chi connectivity index (χ1v) is 6.59. The van der Waals surface area contributed by atoms with Crippen molar-refractivity contribution in [1.82, 2.24) is 19.1 Å². The zero-order chi connectivity index (χ0) is 15.0. The molecule has 0 fully saturated rings. The first kappa shape index (κ1) is 13.3. The Kier molecular flexibility index (Phi) is 3.19. The molecule has 0 aliphatic carbocycles. The molecule has 0 aliphatic heterocycles. The van der Waals surface area contributed by atoms with Crippen LogP contribution in [0, 0.1) is 0 Å². The van der Waals surface area contributed by atoms with Crippen LogP contribution in [0.25, 0.3) is 16.9 Å². The number of nitrogens with zero attached hydrogens (tertiary/aromatic N) is 3. The number of fused-ring (bicyclic) bond motifs is 1. The summed E-state index contributed by atoms with van der Waals surface area (Å²) >= 11 is 0. The summed E-state index contributed by atoms with van der Waals surface area (Å²) in [6.07, 6.45) is 0.535. The molecule has 0 spiro atoms. The maximum Gasteiger partial charge on any atom is 0.334 e. The Bertz CT molecular complexity index is 905. The number of hydrogen-bond donors (Lipinski definition) is 2. The highest BCUT2D eigenvalue weighted by Gasteiger charge is 2.16. The smallest absolute Gasteiger partial charge is 0.330 e. The third-order valence-electron chi connectivity index (χ3n) is 3.40. The summed E-state index contributed by atoms with van der Waals surface area (Å²) in [6, 6.07) is 9.08. The molecule has 7 nitrogen and oxygen atoms in total. The molecular formula is C14H15N5O2. The van der Waals surface area contributed by atoms with E-state index in [0.29, 0.717) is 35.6 Å². The lowest BCUT2D eigenvalue weighted by Crippen LogP contribution is -2.29. The molecule has 0 saturated heterocycles. The molecule has 0 saturated carbocycles. The van der Waals surface area contributed by atoms with Crippen molar-refractivity contribution in [3.63, 3.8) is 0 Å². The number of para-hydroxylation sites is 1. The maximum absolute atomic E-state index is 12.2. The maximum atomic E-state index is 12.2. The predicted molar refractivity (Wildman–Crippen MR) is 79.7 cm³/mol. The van der Waals surface area contributed by atoms with E-state index in [1.807, 2.05) is 18.2 Å². The van der Waals surface area contributed by atoms with Gasteiger partial charge in [0.1, 0.15) is 5.82 Å². The molecule has 1 aromatic carbocycles. The van der Waals surface area contributed by atoms with E-state index in [2.05, 4.69) is 9.97 Å². The summed E-state index contributed by atoms with van der Waals surface area (Å²) < 4.78 is 3.08. The van der Waals surface area contributed by atoms with Crippen LogP contribution in [0.1, 0.15) is 5.82 Å². The van der Waals surface area contributed by atoms with Gasteiger partial charge >= 0.3 is 5.69 Å². The van der Waals surface area contributed by atoms with Gasteiger partial charge in [0.15, 0.2) is 11.2 Å². The fourth-order valence-electron chi connectivity index (χ4n) is 2.42. The molecule has 0 bridgehead atoms. The van der Waals surface area contributed by atoms with Crippen molar-refractivity contribution in [2.45, 2.75) is 6.42 Å². The third kappa shape index (κ3) is 2.07. The summed E-state index contributed by atoms with van der Waals surface area (Å²) in [4.78, 5) is 31.0. The molecule has 0 atom stereocenters. The van der Waals surface area contributed by atoms with Crippen molar-refractivity contribution >= 4 is 11.2 Å². The minimum atomic E-state index is -0.504. The number of rotatable bonds is 3. The van der Waals surface area contributed by atoms with Gasteiger partial charge < -0.3 is 10.3 Å². The number of nitrogens with two attached hydrogens (primary N) is 1. The Morgan fingerprint density at radius 3 is 2.62 bits per heavy atom. The third-order valence-corrected chi connectivity index (χ3v) is 3.40. The molecule has 108 valence electrons. The fourth-order valence-corrected chi connectivity index (χ4v) is 2.42. The lowest BCUT2D eigenvalue weighted by molar-refractivity contribution is 0.791. The quantitative estimate of drug-likeness (QED) is 0.702. The first-order chi connectivity index (χ1) is 10.1. The molecule has 2 aromatic heterocycles. The Morgan fingerprint density at radius 2 is 1.95 bits per heavy atom. The van der Waals surface area contributed by atoms with Crippen molar-refractivity contribution in [2.75, 3.05) is 6.54 Å². The van der Waals surface area contributed by atoms with Gasteiger partial charge in [-0.05, 0) is 18.7 Å². The van der Waals surface area contributed by atoms with Crippen LogP contribution in [0.2, 0.25) is 0 Å². The van der Waals surface area contributed by atoms with E-state index in [4.69, 9.17) is 5.73 Å². The van der Waals surface area contributed by atoms with E-state index in [0.717, 1.165) is 0 Å². The Morgan fingerprint density at radius 1 is 1.24 bits per heavy atom. The van der Waals surface area contributed by atoms with Gasteiger partial charge in [0, 0.05) is 13.5 Å². The van der Waals surface area contributed by atoms with Crippen molar-refractivity contribution in [3.05, 3.63) is 57.0 Å². The van der Waals surface area contributed by atoms with Gasteiger partial charge in [0.05, 0.1) is 5.69 Å². The van der Waals surface area contributed by atoms with Crippen molar-refractivity contribution < 1.29 is 0 Å². The predicted octanol–water partition coefficient (Wildman–Crippen LogP) is -0.0863. The highest BCUT2D eigenvalue weighted by Crippen LogP contribution is 2.14. The summed E-state index contributed by atoms with van der Waals surface area (Å²) in [5, 5.41) is 0. The van der Waals surface area contributed by atoms with Gasteiger partial charge in [-0.2, -0.15) is 0 Å². The number of H-pyrrole nitrogens is 1. The average molecular weight is 285 g/mol. The number of hydrogen-bond acceptors (Lipinski definition) is 4. The van der Waals surface area contributed by atoms with Gasteiger partial charge in [-0.25, -0.2) is 14.3 Å². The van der Waals surface area contributed by atoms with Crippen LogP contribution in [-0.2, 0) is 13.5 Å². The SMILES string of the molecule is Cn1c(CCN)nc2c1c(=O)[nH]c(=O)n2-c1ccccc1. The van der Waals surface area contributed by atoms with Gasteiger partial charge in [-0.1, -0.05) is 18.2 Å². The van der Waals surface area contributed by atoms with Gasteiger partial charge in [-0.3, -0.25) is 9.78 Å². The molecule has 0 amide bonds. The monoisotopic (exact) mass is 285 g/mol. The number of aromatic amines is 1. The molecule has 0 aliphatic rings. The lowest BCUT2D eigenvalue weighted by atomic mass is 10.3. The molecule has 3 N–H and O–H groups in total. The Labute approximate surface area is 119 Å². The van der Waals surface area contributed by atoms with Crippen LogP contribution in [0.15, 0.2) is 39.9 Å². The molecule has 7 heteroatoms. The topological polar surface area (TPSA) is 98.7 Å². The fraction of sp³-hybridized carbons (Fsp3) is 0.214. The summed E-state index contributed by atoms with van der Waals surface area (Å²) in [7, 11) is 1.75. The van der Waals surface area contributed by atoms with Gasteiger partial charge in [-0.15, -0.1) is 0 Å². The zero-order valence-electron chi connectivity index (χ0n) is 11.5. The van der Waals surface area contributed by atoms with Crippen molar-refractivity contribution in [2.24, 2.45) is 12.8 Å². The largest absolute Gasteiger partial charge is 0.334 e. The second kappa shape index (κ2) is 5.02. The minimum absolute atomic E-state index is 0.348. The molecular weight excluding hydrogens is 270 g/mol. The molecule has 3 aromatic rings. The van der Waals surface area contributed by atoms with E-state index >= 15 is 0 Å². The normalized spacial score (nSPS) is 11.1. The molecule has 0 radical (unpaired) electrons. The number of aryl methyl sites for hydroxylation is 1. The highest BCUT2D eigenvalue weighted by atomic mass is 16.2. The number of nitrogens with one attached hydrogen (secondary N) is 1. The molecule has 21 heavy (non-hydrogen) atoms. The first-order valence-electron chi connectivity index (χ1n) is 6.59. The van der Waals surface area contributed by atoms with Crippen molar-refractivity contribution in [3.8, 4) is 5.69 Å². The second-order valence-corrected chi connectivity index (χ2v) is 4.73. The zero-order valence-corrected chi connectivity index (χ0v) is 11.5. The lowest BCUT2D eigenvalue weighted by Gasteiger charge is -2.05. The summed E-state index contributed by atoms with van der Waals surface area (Å²) in [6.45, 7) is 0.421. The summed E-state index contributed by atoms with van der Waals surface area (Å²) in [5.41, 5.74) is 5.98. The van der Waals surface area contributed by atoms with Crippen molar-refractivity contribution in [1.29, 1.82) is 0 Å². The number of aromatic nitrogens is 4. The van der Waals surface area contributed by atoms with E-state index in [1.165, 1.54) is 4.57 Å². The number of benzene rings is 1. The van der Waals surface area contributed by atoms with E-state index in [1.54, 1.807) is 23.7 Å². The van der Waals surface area contributed by atoms with Gasteiger partial charge in [0.25, 0.3) is 5.56 Å². The van der Waals surface area contributed by atoms with Crippen LogP contribution in [0.5, 0.6) is 0 Å². The van der Waals surface area contributed by atoms with Crippen LogP contribution < -0.4 is 17.0 Å². The van der Waals surface area contributed by atoms with Gasteiger partial charge in [0.2, 0.25) is 0 Å². The standard InChI is InChI=1S/C14H15N5O2/c1-18-10(7-8-15)16-12-11(18)13(20)17-14(21)19(12)9-5-3-2-4-6-9/h2-6H,7-8,15H2,1H3,(H,17,20,21). The second-order valence-electron chi connectivity index (χ2n) is 4.73. The van der Waals surface area contributed by atoms with Crippen LogP contribution in [0.3, 0.4) is 0 Å². The summed E-state index contributed by atoms with van der Waals surface area (Å²) in [5.74, 6) is 0.674. The molecule has 0 unspecified atom stereocenters. The van der Waals surface area contributed by atoms with Crippen LogP contribution in [0.4, 0.5) is 0 Å². The van der Waals surface area contributed by atoms with E-state index in [-0.39, 0.29) is 0 Å². The molecule has 2 heterocycles. The van der Waals surface area contributed by atoms with Crippen LogP contribution in [-0.4, -0.2) is 25.6 Å². The van der Waals surface area contributed by atoms with E-state index in [9.17, 15) is 9.59 Å². The number of imidazole rings is 1. The molecule has 3 rings (SSSR count). The Hall–Kier alpha value is -2.67. The highest BCUT2D eigenvalue weighted by molar-refractivity contribution is 5.73.